The Morgan fingerprint density at radius 2 is 2.00 bits per heavy atom. The lowest BCUT2D eigenvalue weighted by molar-refractivity contribution is 0.170. The van der Waals surface area contributed by atoms with Crippen molar-refractivity contribution < 1.29 is 17.9 Å². The number of nitriles is 1. The lowest BCUT2D eigenvalue weighted by Crippen LogP contribution is -2.38. The summed E-state index contributed by atoms with van der Waals surface area (Å²) in [6, 6.07) is 11.1. The number of hydrogen-bond donors (Lipinski definition) is 1. The van der Waals surface area contributed by atoms with Crippen LogP contribution in [0.15, 0.2) is 36.5 Å². The van der Waals surface area contributed by atoms with Crippen LogP contribution < -0.4 is 19.1 Å². The van der Waals surface area contributed by atoms with Gasteiger partial charge in [0, 0.05) is 43.8 Å². The number of fused-ring (bicyclic) bond motifs is 1. The fraction of sp³-hybridized carbons (Fsp3) is 0.348. The number of anilines is 2. The number of sulfonamides is 1. The number of rotatable bonds is 8. The van der Waals surface area contributed by atoms with E-state index in [1.165, 1.54) is 6.20 Å². The number of nitrogens with one attached hydrogen (secondary N) is 1. The molecular weight excluding hydrogens is 513 g/mol. The third-order valence-electron chi connectivity index (χ3n) is 5.39. The third kappa shape index (κ3) is 6.36. The summed E-state index contributed by atoms with van der Waals surface area (Å²) in [4.78, 5) is 10.9. The van der Waals surface area contributed by atoms with Crippen LogP contribution >= 0.6 is 23.2 Å². The fourth-order valence-corrected chi connectivity index (χ4v) is 4.69. The molecule has 0 unspecified atom stereocenters. The van der Waals surface area contributed by atoms with Crippen LogP contribution in [0.5, 0.6) is 11.5 Å². The van der Waals surface area contributed by atoms with E-state index in [0.717, 1.165) is 37.9 Å². The van der Waals surface area contributed by atoms with E-state index in [9.17, 15) is 13.7 Å². The van der Waals surface area contributed by atoms with Gasteiger partial charge in [-0.25, -0.2) is 13.4 Å². The zero-order chi connectivity index (χ0) is 25.0. The van der Waals surface area contributed by atoms with Crippen molar-refractivity contribution in [2.24, 2.45) is 0 Å². The van der Waals surface area contributed by atoms with Crippen LogP contribution in [0.25, 0.3) is 11.0 Å². The van der Waals surface area contributed by atoms with Crippen LogP contribution in [-0.4, -0.2) is 56.3 Å². The Labute approximate surface area is 213 Å². The molecule has 3 aromatic rings. The van der Waals surface area contributed by atoms with Gasteiger partial charge < -0.3 is 14.4 Å². The molecule has 35 heavy (non-hydrogen) atoms. The summed E-state index contributed by atoms with van der Waals surface area (Å²) in [7, 11) is -3.42. The SMILES string of the molecule is CS(=O)(=O)Nc1cnc2cc(N3CCC(Oc4cc(Cl)c(OCCCl)c(C#N)c4)CC3)ccc2n1. The van der Waals surface area contributed by atoms with Crippen molar-refractivity contribution >= 4 is 55.8 Å². The predicted octanol–water partition coefficient (Wildman–Crippen LogP) is 4.19. The summed E-state index contributed by atoms with van der Waals surface area (Å²) in [6.07, 6.45) is 4.02. The van der Waals surface area contributed by atoms with Gasteiger partial charge >= 0.3 is 0 Å². The first-order valence-corrected chi connectivity index (χ1v) is 13.6. The van der Waals surface area contributed by atoms with Crippen LogP contribution in [0.3, 0.4) is 0 Å². The van der Waals surface area contributed by atoms with Crippen molar-refractivity contribution in [1.29, 1.82) is 5.26 Å². The molecule has 0 bridgehead atoms. The molecule has 0 saturated carbocycles. The van der Waals surface area contributed by atoms with Crippen molar-refractivity contribution in [3.8, 4) is 17.6 Å². The van der Waals surface area contributed by atoms with Gasteiger partial charge in [0.25, 0.3) is 0 Å². The van der Waals surface area contributed by atoms with Crippen LogP contribution in [0.4, 0.5) is 11.5 Å². The van der Waals surface area contributed by atoms with Crippen molar-refractivity contribution in [3.05, 3.63) is 47.1 Å². The second-order valence-electron chi connectivity index (χ2n) is 8.04. The number of halogens is 2. The van der Waals surface area contributed by atoms with Crippen molar-refractivity contribution in [2.45, 2.75) is 18.9 Å². The summed E-state index contributed by atoms with van der Waals surface area (Å²) in [6.45, 7) is 1.80. The molecular formula is C23H23Cl2N5O4S. The topological polar surface area (TPSA) is 117 Å². The molecule has 1 saturated heterocycles. The minimum absolute atomic E-state index is 0.0201. The van der Waals surface area contributed by atoms with Gasteiger partial charge in [-0.05, 0) is 18.2 Å². The molecule has 4 rings (SSSR count). The summed E-state index contributed by atoms with van der Waals surface area (Å²) in [5.74, 6) is 1.32. The first-order valence-electron chi connectivity index (χ1n) is 10.8. The Morgan fingerprint density at radius 1 is 1.23 bits per heavy atom. The number of hydrogen-bond acceptors (Lipinski definition) is 8. The van der Waals surface area contributed by atoms with Crippen molar-refractivity contribution in [1.82, 2.24) is 9.97 Å². The van der Waals surface area contributed by atoms with E-state index >= 15 is 0 Å². The maximum atomic E-state index is 11.4. The second kappa shape index (κ2) is 10.7. The number of aromatic nitrogens is 2. The van der Waals surface area contributed by atoms with Crippen LogP contribution in [0.2, 0.25) is 5.02 Å². The van der Waals surface area contributed by atoms with E-state index in [1.807, 2.05) is 18.2 Å². The summed E-state index contributed by atoms with van der Waals surface area (Å²) in [5.41, 5.74) is 2.59. The normalized spacial score (nSPS) is 14.5. The van der Waals surface area contributed by atoms with E-state index < -0.39 is 10.0 Å². The summed E-state index contributed by atoms with van der Waals surface area (Å²) >= 11 is 12.0. The molecule has 0 atom stereocenters. The van der Waals surface area contributed by atoms with E-state index in [4.69, 9.17) is 32.7 Å². The third-order valence-corrected chi connectivity index (χ3v) is 6.40. The maximum absolute atomic E-state index is 11.4. The first kappa shape index (κ1) is 25.1. The summed E-state index contributed by atoms with van der Waals surface area (Å²) < 4.78 is 36.8. The zero-order valence-corrected chi connectivity index (χ0v) is 21.2. The summed E-state index contributed by atoms with van der Waals surface area (Å²) in [5, 5.41) is 9.76. The highest BCUT2D eigenvalue weighted by atomic mass is 35.5. The van der Waals surface area contributed by atoms with Gasteiger partial charge in [0.15, 0.2) is 11.6 Å². The number of benzene rings is 2. The lowest BCUT2D eigenvalue weighted by atomic mass is 10.1. The lowest BCUT2D eigenvalue weighted by Gasteiger charge is -2.34. The first-order chi connectivity index (χ1) is 16.8. The predicted molar refractivity (Wildman–Crippen MR) is 136 cm³/mol. The number of alkyl halides is 1. The minimum Gasteiger partial charge on any atom is -0.490 e. The van der Waals surface area contributed by atoms with Crippen LogP contribution in [0.1, 0.15) is 18.4 Å². The molecule has 2 heterocycles. The van der Waals surface area contributed by atoms with Crippen molar-refractivity contribution in [2.75, 3.05) is 41.5 Å². The average Bonchev–Trinajstić information content (AvgIpc) is 2.82. The number of ether oxygens (including phenoxy) is 2. The molecule has 0 aliphatic carbocycles. The molecule has 1 aromatic heterocycles. The molecule has 1 fully saturated rings. The largest absolute Gasteiger partial charge is 0.490 e. The Morgan fingerprint density at radius 3 is 2.69 bits per heavy atom. The molecule has 184 valence electrons. The smallest absolute Gasteiger partial charge is 0.231 e. The van der Waals surface area contributed by atoms with Gasteiger partial charge in [-0.2, -0.15) is 5.26 Å². The molecule has 9 nitrogen and oxygen atoms in total. The molecule has 0 radical (unpaired) electrons. The van der Waals surface area contributed by atoms with E-state index in [1.54, 1.807) is 12.1 Å². The second-order valence-corrected chi connectivity index (χ2v) is 10.6. The van der Waals surface area contributed by atoms with E-state index in [0.29, 0.717) is 39.0 Å². The van der Waals surface area contributed by atoms with E-state index in [2.05, 4.69) is 25.7 Å². The quantitative estimate of drug-likeness (QED) is 0.426. The van der Waals surface area contributed by atoms with Gasteiger partial charge in [-0.15, -0.1) is 11.6 Å². The monoisotopic (exact) mass is 535 g/mol. The average molecular weight is 536 g/mol. The van der Waals surface area contributed by atoms with Gasteiger partial charge in [0.05, 0.1) is 40.0 Å². The van der Waals surface area contributed by atoms with Gasteiger partial charge in [-0.3, -0.25) is 9.71 Å². The molecule has 2 aromatic carbocycles. The highest BCUT2D eigenvalue weighted by Gasteiger charge is 2.22. The molecule has 12 heteroatoms. The molecule has 0 amide bonds. The molecule has 0 spiro atoms. The van der Waals surface area contributed by atoms with Gasteiger partial charge in [-0.1, -0.05) is 11.6 Å². The highest BCUT2D eigenvalue weighted by Crippen LogP contribution is 2.34. The van der Waals surface area contributed by atoms with Crippen LogP contribution in [-0.2, 0) is 10.0 Å². The zero-order valence-electron chi connectivity index (χ0n) is 18.9. The number of nitrogens with zero attached hydrogens (tertiary/aromatic N) is 4. The van der Waals surface area contributed by atoms with Gasteiger partial charge in [0.2, 0.25) is 10.0 Å². The Hall–Kier alpha value is -3.00. The molecule has 1 aliphatic rings. The van der Waals surface area contributed by atoms with Gasteiger partial charge in [0.1, 0.15) is 24.5 Å². The maximum Gasteiger partial charge on any atom is 0.231 e. The Kier molecular flexibility index (Phi) is 7.69. The van der Waals surface area contributed by atoms with E-state index in [-0.39, 0.29) is 18.5 Å². The van der Waals surface area contributed by atoms with Crippen LogP contribution in [0, 0.1) is 11.3 Å². The standard InChI is InChI=1S/C23H23Cl2N5O4S/c1-35(31,32)29-22-14-27-21-11-16(2-3-20(21)28-22)30-7-4-17(5-8-30)34-18-10-15(13-26)23(19(25)12-18)33-9-6-24/h2-3,10-12,14,17H,4-9H2,1H3,(H,28,29). The number of piperidine rings is 1. The molecule has 1 aliphatic heterocycles. The molecule has 1 N–H and O–H groups in total. The fourth-order valence-electron chi connectivity index (χ4n) is 3.87. The van der Waals surface area contributed by atoms with Crippen molar-refractivity contribution in [3.63, 3.8) is 0 Å². The minimum atomic E-state index is -3.42. The Balaban J connectivity index is 1.40. The Bertz CT molecular complexity index is 1370. The highest BCUT2D eigenvalue weighted by molar-refractivity contribution is 7.92.